The molecule has 2 aromatic rings. The van der Waals surface area contributed by atoms with Crippen LogP contribution in [0.1, 0.15) is 5.56 Å². The number of benzene rings is 2. The minimum Gasteiger partial charge on any atom is -0.497 e. The van der Waals surface area contributed by atoms with Gasteiger partial charge in [-0.25, -0.2) is 0 Å². The summed E-state index contributed by atoms with van der Waals surface area (Å²) in [5.41, 5.74) is 4.52. The summed E-state index contributed by atoms with van der Waals surface area (Å²) in [4.78, 5) is 0. The third-order valence-electron chi connectivity index (χ3n) is 2.47. The number of ether oxygens (including phenoxy) is 1. The second-order valence-corrected chi connectivity index (χ2v) is 4.53. The maximum atomic E-state index is 6.05. The Morgan fingerprint density at radius 1 is 1.11 bits per heavy atom. The van der Waals surface area contributed by atoms with Crippen molar-refractivity contribution in [3.8, 4) is 5.75 Å². The van der Waals surface area contributed by atoms with Crippen molar-refractivity contribution < 1.29 is 4.74 Å². The fourth-order valence-corrected chi connectivity index (χ4v) is 1.82. The van der Waals surface area contributed by atoms with Crippen LogP contribution in [0.4, 0.5) is 5.69 Å². The zero-order valence-corrected chi connectivity index (χ0v) is 11.7. The van der Waals surface area contributed by atoms with Crippen molar-refractivity contribution in [2.45, 2.75) is 0 Å². The fraction of sp³-hybridized carbons (Fsp3) is 0.0714. The molecule has 0 unspecified atom stereocenters. The largest absolute Gasteiger partial charge is 0.497 e. The summed E-state index contributed by atoms with van der Waals surface area (Å²) in [6.45, 7) is 0. The molecule has 0 aliphatic carbocycles. The van der Waals surface area contributed by atoms with Crippen LogP contribution in [0.25, 0.3) is 0 Å². The van der Waals surface area contributed by atoms with Crippen molar-refractivity contribution in [2.24, 2.45) is 5.10 Å². The summed E-state index contributed by atoms with van der Waals surface area (Å²) < 4.78 is 5.07. The van der Waals surface area contributed by atoms with E-state index >= 15 is 0 Å². The minimum atomic E-state index is 0.490. The van der Waals surface area contributed by atoms with Gasteiger partial charge in [0.2, 0.25) is 0 Å². The first kappa shape index (κ1) is 13.7. The zero-order valence-electron chi connectivity index (χ0n) is 10.2. The molecule has 2 aromatic carbocycles. The highest BCUT2D eigenvalue weighted by atomic mass is 35.5. The summed E-state index contributed by atoms with van der Waals surface area (Å²) in [5, 5.41) is 5.11. The highest BCUT2D eigenvalue weighted by Crippen LogP contribution is 2.24. The SMILES string of the molecule is COc1ccc(N/N=C/c2cccc(Cl)c2Cl)cc1. The van der Waals surface area contributed by atoms with Crippen molar-refractivity contribution in [1.82, 2.24) is 0 Å². The maximum absolute atomic E-state index is 6.05. The Morgan fingerprint density at radius 2 is 1.84 bits per heavy atom. The molecular weight excluding hydrogens is 283 g/mol. The Hall–Kier alpha value is -1.71. The van der Waals surface area contributed by atoms with Gasteiger partial charge < -0.3 is 4.74 Å². The van der Waals surface area contributed by atoms with Gasteiger partial charge in [0.05, 0.1) is 29.1 Å². The van der Waals surface area contributed by atoms with E-state index in [1.807, 2.05) is 36.4 Å². The van der Waals surface area contributed by atoms with Gasteiger partial charge >= 0.3 is 0 Å². The Morgan fingerprint density at radius 3 is 2.53 bits per heavy atom. The molecule has 0 radical (unpaired) electrons. The number of hydrazone groups is 1. The van der Waals surface area contributed by atoms with E-state index < -0.39 is 0 Å². The highest BCUT2D eigenvalue weighted by molar-refractivity contribution is 6.43. The third kappa shape index (κ3) is 3.63. The van der Waals surface area contributed by atoms with Gasteiger partial charge in [-0.15, -0.1) is 0 Å². The Bertz CT molecular complexity index is 582. The second-order valence-electron chi connectivity index (χ2n) is 3.74. The summed E-state index contributed by atoms with van der Waals surface area (Å²) in [6.07, 6.45) is 1.62. The maximum Gasteiger partial charge on any atom is 0.119 e. The van der Waals surface area contributed by atoms with Crippen LogP contribution in [-0.4, -0.2) is 13.3 Å². The molecule has 0 saturated heterocycles. The molecule has 3 nitrogen and oxygen atoms in total. The highest BCUT2D eigenvalue weighted by Gasteiger charge is 2.01. The van der Waals surface area contributed by atoms with E-state index in [1.54, 1.807) is 19.4 Å². The molecule has 0 heterocycles. The van der Waals surface area contributed by atoms with Crippen molar-refractivity contribution in [3.05, 3.63) is 58.1 Å². The lowest BCUT2D eigenvalue weighted by atomic mass is 10.2. The smallest absolute Gasteiger partial charge is 0.119 e. The van der Waals surface area contributed by atoms with Crippen LogP contribution in [-0.2, 0) is 0 Å². The molecule has 0 spiro atoms. The van der Waals surface area contributed by atoms with Crippen LogP contribution in [0.15, 0.2) is 47.6 Å². The molecule has 0 bridgehead atoms. The molecule has 0 aliphatic heterocycles. The van der Waals surface area contributed by atoms with Gasteiger partial charge in [-0.1, -0.05) is 35.3 Å². The van der Waals surface area contributed by atoms with Crippen LogP contribution in [0.5, 0.6) is 5.75 Å². The van der Waals surface area contributed by atoms with E-state index in [0.29, 0.717) is 10.0 Å². The van der Waals surface area contributed by atoms with Crippen LogP contribution in [0.2, 0.25) is 10.0 Å². The van der Waals surface area contributed by atoms with Crippen molar-refractivity contribution >= 4 is 35.1 Å². The van der Waals surface area contributed by atoms with Gasteiger partial charge in [0.1, 0.15) is 5.75 Å². The molecule has 0 fully saturated rings. The number of rotatable bonds is 4. The van der Waals surface area contributed by atoms with Crippen molar-refractivity contribution in [3.63, 3.8) is 0 Å². The number of nitrogens with one attached hydrogen (secondary N) is 1. The summed E-state index contributed by atoms with van der Waals surface area (Å²) in [6, 6.07) is 12.8. The normalized spacial score (nSPS) is 10.7. The predicted octanol–water partition coefficient (Wildman–Crippen LogP) is 4.45. The van der Waals surface area contributed by atoms with Gasteiger partial charge in [0.25, 0.3) is 0 Å². The van der Waals surface area contributed by atoms with E-state index in [1.165, 1.54) is 0 Å². The summed E-state index contributed by atoms with van der Waals surface area (Å²) in [5.74, 6) is 0.799. The van der Waals surface area contributed by atoms with Gasteiger partial charge in [-0.05, 0) is 30.3 Å². The summed E-state index contributed by atoms with van der Waals surface area (Å²) >= 11 is 12.0. The number of anilines is 1. The molecule has 0 amide bonds. The number of methoxy groups -OCH3 is 1. The molecule has 1 N–H and O–H groups in total. The van der Waals surface area contributed by atoms with E-state index in [-0.39, 0.29) is 0 Å². The topological polar surface area (TPSA) is 33.6 Å². The van der Waals surface area contributed by atoms with Gasteiger partial charge in [-0.3, -0.25) is 5.43 Å². The molecular formula is C14H12Cl2N2O. The molecule has 0 saturated carbocycles. The number of halogens is 2. The lowest BCUT2D eigenvalue weighted by Crippen LogP contribution is -1.91. The van der Waals surface area contributed by atoms with E-state index in [2.05, 4.69) is 10.5 Å². The molecule has 2 rings (SSSR count). The van der Waals surface area contributed by atoms with Crippen LogP contribution >= 0.6 is 23.2 Å². The first-order valence-corrected chi connectivity index (χ1v) is 6.33. The molecule has 0 aliphatic rings. The van der Waals surface area contributed by atoms with Crippen LogP contribution in [0, 0.1) is 0 Å². The lowest BCUT2D eigenvalue weighted by Gasteiger charge is -2.03. The predicted molar refractivity (Wildman–Crippen MR) is 80.7 cm³/mol. The second kappa shape index (κ2) is 6.45. The number of hydrogen-bond acceptors (Lipinski definition) is 3. The van der Waals surface area contributed by atoms with Crippen molar-refractivity contribution in [2.75, 3.05) is 12.5 Å². The van der Waals surface area contributed by atoms with E-state index in [9.17, 15) is 0 Å². The lowest BCUT2D eigenvalue weighted by molar-refractivity contribution is 0.415. The molecule has 0 atom stereocenters. The van der Waals surface area contributed by atoms with Gasteiger partial charge in [0.15, 0.2) is 0 Å². The minimum absolute atomic E-state index is 0.490. The number of hydrogen-bond donors (Lipinski definition) is 1. The zero-order chi connectivity index (χ0) is 13.7. The Kier molecular flexibility index (Phi) is 4.66. The van der Waals surface area contributed by atoms with E-state index in [0.717, 1.165) is 17.0 Å². The Balaban J connectivity index is 2.04. The third-order valence-corrected chi connectivity index (χ3v) is 3.30. The van der Waals surface area contributed by atoms with Crippen LogP contribution < -0.4 is 10.2 Å². The Labute approximate surface area is 121 Å². The van der Waals surface area contributed by atoms with Gasteiger partial charge in [0, 0.05) is 5.56 Å². The molecule has 0 aromatic heterocycles. The molecule has 98 valence electrons. The van der Waals surface area contributed by atoms with Gasteiger partial charge in [-0.2, -0.15) is 5.10 Å². The molecule has 5 heteroatoms. The first-order chi connectivity index (χ1) is 9.20. The fourth-order valence-electron chi connectivity index (χ4n) is 1.46. The number of nitrogens with zero attached hydrogens (tertiary/aromatic N) is 1. The quantitative estimate of drug-likeness (QED) is 0.668. The summed E-state index contributed by atoms with van der Waals surface area (Å²) in [7, 11) is 1.63. The monoisotopic (exact) mass is 294 g/mol. The first-order valence-electron chi connectivity index (χ1n) is 5.58. The average molecular weight is 295 g/mol. The molecule has 19 heavy (non-hydrogen) atoms. The van der Waals surface area contributed by atoms with E-state index in [4.69, 9.17) is 27.9 Å². The van der Waals surface area contributed by atoms with Crippen LogP contribution in [0.3, 0.4) is 0 Å². The standard InChI is InChI=1S/C14H12Cl2N2O/c1-19-12-7-5-11(6-8-12)18-17-9-10-3-2-4-13(15)14(10)16/h2-9,18H,1H3/b17-9+. The van der Waals surface area contributed by atoms with Crippen molar-refractivity contribution in [1.29, 1.82) is 0 Å². The average Bonchev–Trinajstić information content (AvgIpc) is 2.44.